The summed E-state index contributed by atoms with van der Waals surface area (Å²) >= 11 is 0. The molecule has 0 saturated heterocycles. The van der Waals surface area contributed by atoms with Crippen LogP contribution >= 0.6 is 0 Å². The predicted molar refractivity (Wildman–Crippen MR) is 146 cm³/mol. The lowest BCUT2D eigenvalue weighted by molar-refractivity contribution is -0.139. The summed E-state index contributed by atoms with van der Waals surface area (Å²) in [5.74, 6) is -1.39. The summed E-state index contributed by atoms with van der Waals surface area (Å²) in [5, 5.41) is 0. The average molecular weight is 517 g/mol. The van der Waals surface area contributed by atoms with E-state index in [1.807, 2.05) is 6.92 Å². The summed E-state index contributed by atoms with van der Waals surface area (Å²) in [4.78, 5) is 53.4. The first-order valence-electron chi connectivity index (χ1n) is 14.0. The number of hydrogen-bond acceptors (Lipinski definition) is 6. The lowest BCUT2D eigenvalue weighted by Gasteiger charge is -2.29. The molecule has 1 rings (SSSR count). The third kappa shape index (κ3) is 9.08. The molecule has 0 aromatic carbocycles. The second kappa shape index (κ2) is 15.0. The molecular formula is C31H48O6. The quantitative estimate of drug-likeness (QED) is 0.176. The van der Waals surface area contributed by atoms with E-state index in [1.54, 1.807) is 20.8 Å². The topological polar surface area (TPSA) is 86.7 Å². The minimum absolute atomic E-state index is 0.0288. The second-order valence-electron chi connectivity index (χ2n) is 11.3. The van der Waals surface area contributed by atoms with Crippen LogP contribution in [0.2, 0.25) is 0 Å². The van der Waals surface area contributed by atoms with Crippen LogP contribution in [-0.2, 0) is 28.7 Å². The van der Waals surface area contributed by atoms with Gasteiger partial charge in [-0.25, -0.2) is 0 Å². The first-order chi connectivity index (χ1) is 17.3. The maximum atomic E-state index is 14.3. The second-order valence-corrected chi connectivity index (χ2v) is 11.3. The molecule has 0 saturated carbocycles. The Kier molecular flexibility index (Phi) is 13.2. The van der Waals surface area contributed by atoms with E-state index < -0.39 is 17.9 Å². The summed E-state index contributed by atoms with van der Waals surface area (Å²) in [6.45, 7) is 19.4. The normalized spacial score (nSPS) is 15.2. The number of rotatable bonds is 14. The SMILES string of the molecule is CCC(=O)OC1=C(CCC(C)C)C(=O)C(=C(CC(C)C)CC(C)C)C(OC(=O)CC)=C1C(=O)C(C)CC. The van der Waals surface area contributed by atoms with Crippen molar-refractivity contribution in [2.24, 2.45) is 23.7 Å². The van der Waals surface area contributed by atoms with E-state index in [1.165, 1.54) is 0 Å². The summed E-state index contributed by atoms with van der Waals surface area (Å²) < 4.78 is 11.6. The van der Waals surface area contributed by atoms with E-state index in [0.29, 0.717) is 49.2 Å². The van der Waals surface area contributed by atoms with Crippen LogP contribution in [0, 0.1) is 23.7 Å². The highest BCUT2D eigenvalue weighted by Gasteiger charge is 2.41. The smallest absolute Gasteiger partial charge is 0.310 e. The molecule has 1 aliphatic carbocycles. The number of hydrogen-bond donors (Lipinski definition) is 0. The lowest BCUT2D eigenvalue weighted by Crippen LogP contribution is -2.30. The van der Waals surface area contributed by atoms with Crippen molar-refractivity contribution >= 4 is 23.5 Å². The molecule has 0 aliphatic heterocycles. The van der Waals surface area contributed by atoms with Gasteiger partial charge >= 0.3 is 11.9 Å². The van der Waals surface area contributed by atoms with E-state index in [-0.39, 0.29) is 53.3 Å². The van der Waals surface area contributed by atoms with Gasteiger partial charge in [0.1, 0.15) is 5.57 Å². The van der Waals surface area contributed by atoms with E-state index in [0.717, 1.165) is 5.57 Å². The van der Waals surface area contributed by atoms with Gasteiger partial charge in [0, 0.05) is 24.3 Å². The summed E-state index contributed by atoms with van der Waals surface area (Å²) in [6, 6.07) is 0. The first-order valence-corrected chi connectivity index (χ1v) is 14.0. The van der Waals surface area contributed by atoms with Gasteiger partial charge in [-0.05, 0) is 49.9 Å². The number of carbonyl (C=O) groups is 4. The summed E-state index contributed by atoms with van der Waals surface area (Å²) in [6.07, 6.45) is 2.99. The zero-order chi connectivity index (χ0) is 28.4. The van der Waals surface area contributed by atoms with Gasteiger partial charge in [0.25, 0.3) is 0 Å². The summed E-state index contributed by atoms with van der Waals surface area (Å²) in [7, 11) is 0. The minimum Gasteiger partial charge on any atom is -0.425 e. The third-order valence-electron chi connectivity index (χ3n) is 6.41. The molecule has 0 fully saturated rings. The lowest BCUT2D eigenvalue weighted by atomic mass is 9.78. The van der Waals surface area contributed by atoms with Crippen LogP contribution in [-0.4, -0.2) is 23.5 Å². The van der Waals surface area contributed by atoms with Crippen molar-refractivity contribution in [1.82, 2.24) is 0 Å². The highest BCUT2D eigenvalue weighted by Crippen LogP contribution is 2.41. The number of allylic oxidation sites excluding steroid dienone is 4. The highest BCUT2D eigenvalue weighted by atomic mass is 16.6. The zero-order valence-corrected chi connectivity index (χ0v) is 24.7. The molecule has 1 aliphatic rings. The molecule has 6 heteroatoms. The van der Waals surface area contributed by atoms with Gasteiger partial charge in [-0.1, -0.05) is 74.8 Å². The molecule has 0 amide bonds. The van der Waals surface area contributed by atoms with Crippen molar-refractivity contribution in [3.05, 3.63) is 33.8 Å². The molecule has 0 aromatic rings. The predicted octanol–water partition coefficient (Wildman–Crippen LogP) is 7.42. The van der Waals surface area contributed by atoms with E-state index in [2.05, 4.69) is 41.5 Å². The molecule has 1 unspecified atom stereocenters. The van der Waals surface area contributed by atoms with Crippen molar-refractivity contribution in [3.63, 3.8) is 0 Å². The maximum absolute atomic E-state index is 14.3. The van der Waals surface area contributed by atoms with Crippen molar-refractivity contribution in [2.45, 2.75) is 114 Å². The Bertz CT molecular complexity index is 946. The molecule has 0 bridgehead atoms. The highest BCUT2D eigenvalue weighted by molar-refractivity contribution is 6.18. The molecule has 0 aromatic heterocycles. The van der Waals surface area contributed by atoms with Crippen LogP contribution in [0.3, 0.4) is 0 Å². The Morgan fingerprint density at radius 3 is 1.62 bits per heavy atom. The van der Waals surface area contributed by atoms with Crippen LogP contribution in [0.5, 0.6) is 0 Å². The molecule has 37 heavy (non-hydrogen) atoms. The van der Waals surface area contributed by atoms with Gasteiger partial charge in [-0.2, -0.15) is 0 Å². The molecule has 0 spiro atoms. The van der Waals surface area contributed by atoms with Gasteiger partial charge in [0.2, 0.25) is 0 Å². The molecule has 0 heterocycles. The van der Waals surface area contributed by atoms with Crippen LogP contribution in [0.4, 0.5) is 0 Å². The van der Waals surface area contributed by atoms with Crippen LogP contribution in [0.15, 0.2) is 33.8 Å². The first kappa shape index (κ1) is 32.5. The fourth-order valence-electron chi connectivity index (χ4n) is 4.23. The molecule has 0 radical (unpaired) electrons. The van der Waals surface area contributed by atoms with Crippen LogP contribution < -0.4 is 0 Å². The number of carbonyl (C=O) groups excluding carboxylic acids is 4. The molecule has 1 atom stereocenters. The van der Waals surface area contributed by atoms with Gasteiger partial charge in [-0.15, -0.1) is 0 Å². The Balaban J connectivity index is 4.27. The summed E-state index contributed by atoms with van der Waals surface area (Å²) in [5.41, 5.74) is 1.53. The fraction of sp³-hybridized carbons (Fsp3) is 0.677. The van der Waals surface area contributed by atoms with Crippen LogP contribution in [0.25, 0.3) is 0 Å². The third-order valence-corrected chi connectivity index (χ3v) is 6.41. The van der Waals surface area contributed by atoms with Gasteiger partial charge in [-0.3, -0.25) is 19.2 Å². The van der Waals surface area contributed by atoms with Crippen molar-refractivity contribution in [3.8, 4) is 0 Å². The van der Waals surface area contributed by atoms with Crippen molar-refractivity contribution in [2.75, 3.05) is 0 Å². The number of Topliss-reactive ketones (excluding diaryl/α,β-unsaturated/α-hetero) is 2. The maximum Gasteiger partial charge on any atom is 0.310 e. The van der Waals surface area contributed by atoms with Gasteiger partial charge in [0.05, 0.1) is 5.57 Å². The van der Waals surface area contributed by atoms with Crippen LogP contribution in [0.1, 0.15) is 114 Å². The molecular weight excluding hydrogens is 468 g/mol. The fourth-order valence-corrected chi connectivity index (χ4v) is 4.23. The monoisotopic (exact) mass is 516 g/mol. The van der Waals surface area contributed by atoms with Gasteiger partial charge in [0.15, 0.2) is 23.1 Å². The molecule has 6 nitrogen and oxygen atoms in total. The molecule has 0 N–H and O–H groups in total. The van der Waals surface area contributed by atoms with Gasteiger partial charge < -0.3 is 9.47 Å². The van der Waals surface area contributed by atoms with E-state index in [9.17, 15) is 19.2 Å². The van der Waals surface area contributed by atoms with Crippen molar-refractivity contribution in [1.29, 1.82) is 0 Å². The van der Waals surface area contributed by atoms with E-state index in [4.69, 9.17) is 9.47 Å². The number of ketones is 2. The zero-order valence-electron chi connectivity index (χ0n) is 24.7. The Morgan fingerprint density at radius 2 is 1.22 bits per heavy atom. The Labute approximate surface area is 223 Å². The Hall–Kier alpha value is -2.50. The number of ether oxygens (including phenoxy) is 2. The van der Waals surface area contributed by atoms with E-state index >= 15 is 0 Å². The van der Waals surface area contributed by atoms with Crippen molar-refractivity contribution < 1.29 is 28.7 Å². The largest absolute Gasteiger partial charge is 0.425 e. The molecule has 208 valence electrons. The minimum atomic E-state index is -0.546. The Morgan fingerprint density at radius 1 is 0.730 bits per heavy atom. The standard InChI is InChI=1S/C31H48O6/c1-11-21(10)28(34)27-30(36-24(32)12-2)23(15-14-18(4)5)29(35)26(31(27)37-25(33)13-3)22(16-19(6)7)17-20(8)9/h18-21H,11-17H2,1-10H3. The average Bonchev–Trinajstić information content (AvgIpc) is 2.81. The number of esters is 2.